The van der Waals surface area contributed by atoms with Gasteiger partial charge in [-0.3, -0.25) is 9.69 Å². The van der Waals surface area contributed by atoms with Crippen LogP contribution in [0.25, 0.3) is 0 Å². The molecule has 0 fully saturated rings. The van der Waals surface area contributed by atoms with E-state index in [1.54, 1.807) is 44.3 Å². The second-order valence-corrected chi connectivity index (χ2v) is 9.48. The smallest absolute Gasteiger partial charge is 0.416 e. The highest BCUT2D eigenvalue weighted by Crippen LogP contribution is 2.40. The number of rotatable bonds is 8. The summed E-state index contributed by atoms with van der Waals surface area (Å²) in [4.78, 5) is 34.1. The van der Waals surface area contributed by atoms with E-state index in [1.807, 2.05) is 6.92 Å². The van der Waals surface area contributed by atoms with Gasteiger partial charge >= 0.3 is 6.09 Å². The van der Waals surface area contributed by atoms with Crippen LogP contribution in [0.3, 0.4) is 0 Å². The number of thiazole rings is 1. The Kier molecular flexibility index (Phi) is 8.82. The van der Waals surface area contributed by atoms with Crippen LogP contribution in [-0.4, -0.2) is 49.7 Å². The summed E-state index contributed by atoms with van der Waals surface area (Å²) in [7, 11) is 4.67. The third-order valence-corrected chi connectivity index (χ3v) is 6.46. The van der Waals surface area contributed by atoms with Gasteiger partial charge in [0.15, 0.2) is 11.5 Å². The Balaban J connectivity index is 2.09. The molecule has 0 spiro atoms. The Morgan fingerprint density at radius 3 is 2.40 bits per heavy atom. The van der Waals surface area contributed by atoms with Crippen molar-refractivity contribution in [2.24, 2.45) is 0 Å². The number of anilines is 2. The fourth-order valence-electron chi connectivity index (χ4n) is 3.21. The van der Waals surface area contributed by atoms with Gasteiger partial charge in [0.2, 0.25) is 11.0 Å². The Hall–Kier alpha value is -3.01. The van der Waals surface area contributed by atoms with E-state index in [4.69, 9.17) is 37.4 Å². The molecule has 11 heteroatoms. The average Bonchev–Trinajstić information content (AvgIpc) is 3.18. The van der Waals surface area contributed by atoms with Crippen molar-refractivity contribution in [1.82, 2.24) is 9.88 Å². The molecular weight excluding hydrogens is 513 g/mol. The van der Waals surface area contributed by atoms with Gasteiger partial charge in [0.1, 0.15) is 0 Å². The molecule has 0 aliphatic heterocycles. The largest absolute Gasteiger partial charge is 0.493 e. The number of nitrogens with zero attached hydrogens (tertiary/aromatic N) is 3. The van der Waals surface area contributed by atoms with E-state index in [2.05, 4.69) is 4.98 Å². The normalized spacial score (nSPS) is 10.6. The van der Waals surface area contributed by atoms with Crippen LogP contribution in [-0.2, 0) is 0 Å². The maximum Gasteiger partial charge on any atom is 0.416 e. The summed E-state index contributed by atoms with van der Waals surface area (Å²) < 4.78 is 16.2. The second kappa shape index (κ2) is 11.6. The number of ether oxygens (including phenoxy) is 3. The van der Waals surface area contributed by atoms with Gasteiger partial charge in [-0.05, 0) is 43.7 Å². The maximum absolute atomic E-state index is 13.7. The number of aromatic nitrogens is 1. The topological polar surface area (TPSA) is 81.2 Å². The van der Waals surface area contributed by atoms with Crippen LogP contribution in [0, 0.1) is 6.92 Å². The molecule has 2 amide bonds. The van der Waals surface area contributed by atoms with Gasteiger partial charge in [-0.25, -0.2) is 4.79 Å². The van der Waals surface area contributed by atoms with Crippen LogP contribution in [0.5, 0.6) is 17.4 Å². The number of hydrogen-bond acceptors (Lipinski definition) is 7. The molecular formula is C24H25Cl2N3O5S. The summed E-state index contributed by atoms with van der Waals surface area (Å²) in [6.45, 7) is 4.26. The highest BCUT2D eigenvalue weighted by Gasteiger charge is 2.28. The van der Waals surface area contributed by atoms with Gasteiger partial charge in [0.25, 0.3) is 5.91 Å². The minimum Gasteiger partial charge on any atom is -0.493 e. The van der Waals surface area contributed by atoms with Gasteiger partial charge < -0.3 is 19.1 Å². The van der Waals surface area contributed by atoms with Crippen LogP contribution in [0.4, 0.5) is 15.6 Å². The summed E-state index contributed by atoms with van der Waals surface area (Å²) in [6, 6.07) is 9.64. The molecule has 0 N–H and O–H groups in total. The van der Waals surface area contributed by atoms with E-state index in [1.165, 1.54) is 41.4 Å². The molecule has 0 saturated carbocycles. The van der Waals surface area contributed by atoms with Crippen LogP contribution in [0.2, 0.25) is 10.0 Å². The summed E-state index contributed by atoms with van der Waals surface area (Å²) >= 11 is 13.6. The zero-order chi connectivity index (χ0) is 25.7. The molecule has 0 aliphatic carbocycles. The molecule has 0 radical (unpaired) electrons. The van der Waals surface area contributed by atoms with E-state index in [0.29, 0.717) is 33.6 Å². The zero-order valence-corrected chi connectivity index (χ0v) is 22.3. The second-order valence-electron chi connectivity index (χ2n) is 7.45. The highest BCUT2D eigenvalue weighted by molar-refractivity contribution is 7.16. The molecule has 1 aromatic heterocycles. The number of carbonyl (C=O) groups excluding carboxylic acids is 2. The number of halogens is 2. The lowest BCUT2D eigenvalue weighted by Crippen LogP contribution is -2.30. The maximum atomic E-state index is 13.7. The molecule has 0 aliphatic rings. The third-order valence-electron chi connectivity index (χ3n) is 4.98. The molecule has 0 saturated heterocycles. The van der Waals surface area contributed by atoms with Gasteiger partial charge in [-0.2, -0.15) is 4.98 Å². The third kappa shape index (κ3) is 5.98. The van der Waals surface area contributed by atoms with Crippen molar-refractivity contribution < 1.29 is 23.8 Å². The van der Waals surface area contributed by atoms with E-state index in [-0.39, 0.29) is 21.6 Å². The molecule has 8 nitrogen and oxygen atoms in total. The first kappa shape index (κ1) is 26.6. The lowest BCUT2D eigenvalue weighted by Gasteiger charge is -2.22. The quantitative estimate of drug-likeness (QED) is 0.322. The monoisotopic (exact) mass is 537 g/mol. The molecule has 0 unspecified atom stereocenters. The Morgan fingerprint density at radius 1 is 1.06 bits per heavy atom. The number of methoxy groups -OCH3 is 2. The lowest BCUT2D eigenvalue weighted by atomic mass is 10.1. The predicted molar refractivity (Wildman–Crippen MR) is 138 cm³/mol. The van der Waals surface area contributed by atoms with Crippen molar-refractivity contribution in [3.05, 3.63) is 56.9 Å². The first-order valence-corrected chi connectivity index (χ1v) is 12.2. The fourth-order valence-corrected chi connectivity index (χ4v) is 4.55. The first-order chi connectivity index (χ1) is 16.7. The Morgan fingerprint density at radius 2 is 1.77 bits per heavy atom. The average molecular weight is 538 g/mol. The summed E-state index contributed by atoms with van der Waals surface area (Å²) in [5.74, 6) is 0.593. The number of aryl methyl sites for hydroxylation is 1. The van der Waals surface area contributed by atoms with Crippen LogP contribution in [0.1, 0.15) is 28.6 Å². The minimum atomic E-state index is -0.531. The molecule has 35 heavy (non-hydrogen) atoms. The van der Waals surface area contributed by atoms with E-state index < -0.39 is 12.0 Å². The zero-order valence-electron chi connectivity index (χ0n) is 19.9. The fraction of sp³-hybridized carbons (Fsp3) is 0.292. The van der Waals surface area contributed by atoms with Gasteiger partial charge in [-0.1, -0.05) is 41.5 Å². The molecule has 3 rings (SSSR count). The number of carbonyl (C=O) groups is 2. The lowest BCUT2D eigenvalue weighted by molar-refractivity contribution is 0.0999. The minimum absolute atomic E-state index is 0.124. The van der Waals surface area contributed by atoms with Gasteiger partial charge in [0, 0.05) is 24.7 Å². The molecule has 0 bridgehead atoms. The number of hydrogen-bond donors (Lipinski definition) is 0. The van der Waals surface area contributed by atoms with Crippen LogP contribution >= 0.6 is 34.5 Å². The number of benzene rings is 2. The molecule has 186 valence electrons. The van der Waals surface area contributed by atoms with Crippen molar-refractivity contribution >= 4 is 57.4 Å². The molecule has 3 aromatic rings. The molecule has 0 atom stereocenters. The van der Waals surface area contributed by atoms with Crippen molar-refractivity contribution in [1.29, 1.82) is 0 Å². The van der Waals surface area contributed by atoms with Crippen molar-refractivity contribution in [2.75, 3.05) is 32.7 Å². The highest BCUT2D eigenvalue weighted by atomic mass is 35.5. The van der Waals surface area contributed by atoms with E-state index in [0.717, 1.165) is 6.42 Å². The molecule has 1 heterocycles. The SMILES string of the molecule is CCCN(C)C(=O)Oc1nc(N(C(=O)c2ccc(Cl)cc2Cl)c2ccc(OC)c(OC)c2)sc1C. The standard InChI is InChI=1S/C24H25Cl2N3O5S/c1-6-11-28(3)24(31)34-21-14(2)35-23(27-21)29(16-8-10-19(32-4)20(13-16)33-5)22(30)17-9-7-15(25)12-18(17)26/h7-10,12-13H,6,11H2,1-5H3. The molecule has 2 aromatic carbocycles. The Bertz CT molecular complexity index is 1230. The van der Waals surface area contributed by atoms with Crippen LogP contribution in [0.15, 0.2) is 36.4 Å². The van der Waals surface area contributed by atoms with Crippen molar-refractivity contribution in [3.63, 3.8) is 0 Å². The van der Waals surface area contributed by atoms with Crippen LogP contribution < -0.4 is 19.1 Å². The van der Waals surface area contributed by atoms with E-state index in [9.17, 15) is 9.59 Å². The summed E-state index contributed by atoms with van der Waals surface area (Å²) in [6.07, 6.45) is 0.257. The Labute approximate surface area is 217 Å². The van der Waals surface area contributed by atoms with Crippen molar-refractivity contribution in [2.45, 2.75) is 20.3 Å². The predicted octanol–water partition coefficient (Wildman–Crippen LogP) is 6.59. The van der Waals surface area contributed by atoms with Crippen molar-refractivity contribution in [3.8, 4) is 17.4 Å². The summed E-state index contributed by atoms with van der Waals surface area (Å²) in [5.41, 5.74) is 0.674. The van der Waals surface area contributed by atoms with E-state index >= 15 is 0 Å². The van der Waals surface area contributed by atoms with Gasteiger partial charge in [-0.15, -0.1) is 0 Å². The van der Waals surface area contributed by atoms with Gasteiger partial charge in [0.05, 0.1) is 35.4 Å². The number of amides is 2. The summed E-state index contributed by atoms with van der Waals surface area (Å²) in [5, 5.41) is 0.875. The first-order valence-electron chi connectivity index (χ1n) is 10.6.